The molecular weight excluding hydrogens is 799 g/mol. The molecule has 0 saturated carbocycles. The molecule has 12 rings (SSSR count). The van der Waals surface area contributed by atoms with Crippen LogP contribution in [0.4, 0.5) is 17.1 Å². The molecule has 12 aromatic rings. The van der Waals surface area contributed by atoms with E-state index in [4.69, 9.17) is 0 Å². The van der Waals surface area contributed by atoms with Gasteiger partial charge in [0.25, 0.3) is 0 Å². The highest BCUT2D eigenvalue weighted by atomic mass is 32.1. The zero-order chi connectivity index (χ0) is 41.7. The molecule has 298 valence electrons. The van der Waals surface area contributed by atoms with E-state index in [9.17, 15) is 0 Å². The van der Waals surface area contributed by atoms with E-state index >= 15 is 0 Å². The van der Waals surface area contributed by atoms with Gasteiger partial charge in [-0.2, -0.15) is 0 Å². The summed E-state index contributed by atoms with van der Waals surface area (Å²) in [5.41, 5.74) is 13.4. The summed E-state index contributed by atoms with van der Waals surface area (Å²) < 4.78 is 5.37. The number of benzene rings is 10. The van der Waals surface area contributed by atoms with E-state index < -0.39 is 0 Å². The quantitative estimate of drug-likeness (QED) is 0.140. The van der Waals surface area contributed by atoms with Crippen LogP contribution in [-0.2, 0) is 12.8 Å². The summed E-state index contributed by atoms with van der Waals surface area (Å²) in [6.07, 6.45) is 1.87. The maximum absolute atomic E-state index is 2.46. The highest BCUT2D eigenvalue weighted by Gasteiger charge is 2.18. The minimum Gasteiger partial charge on any atom is -0.310 e. The molecule has 0 amide bonds. The van der Waals surface area contributed by atoms with E-state index in [0.29, 0.717) is 0 Å². The molecule has 2 heterocycles. The number of fused-ring (bicyclic) bond motifs is 7. The predicted molar refractivity (Wildman–Crippen MR) is 275 cm³/mol. The molecule has 3 heteroatoms. The van der Waals surface area contributed by atoms with Gasteiger partial charge in [0, 0.05) is 57.4 Å². The first-order chi connectivity index (χ1) is 31.2. The van der Waals surface area contributed by atoms with Gasteiger partial charge in [0.15, 0.2) is 0 Å². The third-order valence-electron chi connectivity index (χ3n) is 12.6. The van der Waals surface area contributed by atoms with E-state index in [1.165, 1.54) is 101 Å². The Morgan fingerprint density at radius 1 is 0.333 bits per heavy atom. The van der Waals surface area contributed by atoms with Crippen molar-refractivity contribution in [1.29, 1.82) is 0 Å². The maximum Gasteiger partial charge on any atom is 0.0493 e. The fraction of sp³-hybridized carbons (Fsp3) is 0.0333. The lowest BCUT2D eigenvalue weighted by Crippen LogP contribution is -2.12. The average molecular weight is 840 g/mol. The molecule has 63 heavy (non-hydrogen) atoms. The van der Waals surface area contributed by atoms with Crippen LogP contribution in [0, 0.1) is 0 Å². The van der Waals surface area contributed by atoms with E-state index in [1.807, 2.05) is 22.7 Å². The second-order valence-corrected chi connectivity index (χ2v) is 18.5. The van der Waals surface area contributed by atoms with Crippen LogP contribution in [0.25, 0.3) is 84.5 Å². The Balaban J connectivity index is 0.929. The first-order valence-corrected chi connectivity index (χ1v) is 23.3. The molecular formula is C60H41NS2. The van der Waals surface area contributed by atoms with Crippen molar-refractivity contribution in [2.24, 2.45) is 0 Å². The fourth-order valence-corrected chi connectivity index (χ4v) is 11.8. The zero-order valence-electron chi connectivity index (χ0n) is 34.5. The van der Waals surface area contributed by atoms with E-state index in [2.05, 4.69) is 229 Å². The summed E-state index contributed by atoms with van der Waals surface area (Å²) >= 11 is 3.78. The summed E-state index contributed by atoms with van der Waals surface area (Å²) in [5, 5.41) is 7.85. The SMILES string of the molecule is c1cc(-c2cccc(N(c3ccc(-c4ccc5ccccc5c4)cc3)c3ccccc3CCc3ccc4c(c3)sc3ccccc34)c2)cc(-c2cccc3c2sc2ccccc23)c1. The van der Waals surface area contributed by atoms with E-state index in [-0.39, 0.29) is 0 Å². The lowest BCUT2D eigenvalue weighted by atomic mass is 9.97. The Morgan fingerprint density at radius 2 is 0.968 bits per heavy atom. The number of hydrogen-bond acceptors (Lipinski definition) is 3. The summed E-state index contributed by atoms with van der Waals surface area (Å²) in [4.78, 5) is 2.46. The second-order valence-electron chi connectivity index (χ2n) is 16.4. The van der Waals surface area contributed by atoms with Crippen molar-refractivity contribution in [3.8, 4) is 33.4 Å². The fourth-order valence-electron chi connectivity index (χ4n) is 9.41. The van der Waals surface area contributed by atoms with Gasteiger partial charge in [0.2, 0.25) is 0 Å². The Hall–Kier alpha value is -7.30. The average Bonchev–Trinajstić information content (AvgIpc) is 3.92. The van der Waals surface area contributed by atoms with Gasteiger partial charge in [-0.15, -0.1) is 22.7 Å². The molecule has 0 aliphatic rings. The molecule has 0 aliphatic carbocycles. The molecule has 0 bridgehead atoms. The molecule has 0 N–H and O–H groups in total. The molecule has 10 aromatic carbocycles. The smallest absolute Gasteiger partial charge is 0.0493 e. The Morgan fingerprint density at radius 3 is 1.84 bits per heavy atom. The number of anilines is 3. The molecule has 2 aromatic heterocycles. The minimum atomic E-state index is 0.920. The Labute approximate surface area is 375 Å². The van der Waals surface area contributed by atoms with Gasteiger partial charge in [0.05, 0.1) is 0 Å². The first-order valence-electron chi connectivity index (χ1n) is 21.7. The van der Waals surface area contributed by atoms with Crippen LogP contribution >= 0.6 is 22.7 Å². The van der Waals surface area contributed by atoms with E-state index in [0.717, 1.165) is 24.2 Å². The first kappa shape index (κ1) is 37.5. The van der Waals surface area contributed by atoms with Crippen molar-refractivity contribution in [3.05, 3.63) is 236 Å². The summed E-state index contributed by atoms with van der Waals surface area (Å²) in [6, 6.07) is 82.9. The van der Waals surface area contributed by atoms with Crippen LogP contribution < -0.4 is 4.90 Å². The number of thiophene rings is 2. The number of nitrogens with zero attached hydrogens (tertiary/aromatic N) is 1. The number of para-hydroxylation sites is 1. The van der Waals surface area contributed by atoms with Gasteiger partial charge in [-0.1, -0.05) is 164 Å². The Bertz CT molecular complexity index is 3650. The zero-order valence-corrected chi connectivity index (χ0v) is 36.2. The van der Waals surface area contributed by atoms with Crippen LogP contribution in [-0.4, -0.2) is 0 Å². The van der Waals surface area contributed by atoms with Crippen molar-refractivity contribution in [3.63, 3.8) is 0 Å². The third kappa shape index (κ3) is 6.96. The number of hydrogen-bond donors (Lipinski definition) is 0. The van der Waals surface area contributed by atoms with Crippen molar-refractivity contribution in [2.45, 2.75) is 12.8 Å². The van der Waals surface area contributed by atoms with E-state index in [1.54, 1.807) is 0 Å². The van der Waals surface area contributed by atoms with Crippen LogP contribution in [0.15, 0.2) is 224 Å². The van der Waals surface area contributed by atoms with Gasteiger partial charge >= 0.3 is 0 Å². The molecule has 0 atom stereocenters. The van der Waals surface area contributed by atoms with Crippen LogP contribution in [0.1, 0.15) is 11.1 Å². The molecule has 0 spiro atoms. The third-order valence-corrected chi connectivity index (χ3v) is 14.9. The minimum absolute atomic E-state index is 0.920. The van der Waals surface area contributed by atoms with Crippen molar-refractivity contribution < 1.29 is 0 Å². The molecule has 0 unspecified atom stereocenters. The topological polar surface area (TPSA) is 3.24 Å². The molecule has 0 radical (unpaired) electrons. The molecule has 0 saturated heterocycles. The monoisotopic (exact) mass is 839 g/mol. The molecule has 0 fully saturated rings. The summed E-state index contributed by atoms with van der Waals surface area (Å²) in [7, 11) is 0. The molecule has 0 aliphatic heterocycles. The normalized spacial score (nSPS) is 11.6. The van der Waals surface area contributed by atoms with Crippen LogP contribution in [0.5, 0.6) is 0 Å². The predicted octanol–water partition coefficient (Wildman–Crippen LogP) is 17.8. The van der Waals surface area contributed by atoms with Gasteiger partial charge in [0.1, 0.15) is 0 Å². The molecule has 1 nitrogen and oxygen atoms in total. The van der Waals surface area contributed by atoms with Crippen molar-refractivity contribution in [1.82, 2.24) is 0 Å². The van der Waals surface area contributed by atoms with Crippen LogP contribution in [0.2, 0.25) is 0 Å². The largest absolute Gasteiger partial charge is 0.310 e. The lowest BCUT2D eigenvalue weighted by molar-refractivity contribution is 0.958. The maximum atomic E-state index is 2.46. The second kappa shape index (κ2) is 15.9. The van der Waals surface area contributed by atoms with Gasteiger partial charge < -0.3 is 4.90 Å². The van der Waals surface area contributed by atoms with Crippen LogP contribution in [0.3, 0.4) is 0 Å². The van der Waals surface area contributed by atoms with Gasteiger partial charge in [-0.05, 0) is 129 Å². The van der Waals surface area contributed by atoms with Gasteiger partial charge in [-0.3, -0.25) is 0 Å². The summed E-state index contributed by atoms with van der Waals surface area (Å²) in [6.45, 7) is 0. The lowest BCUT2D eigenvalue weighted by Gasteiger charge is -2.28. The number of rotatable bonds is 9. The number of aryl methyl sites for hydroxylation is 2. The Kier molecular flexibility index (Phi) is 9.44. The van der Waals surface area contributed by atoms with Gasteiger partial charge in [-0.25, -0.2) is 0 Å². The summed E-state index contributed by atoms with van der Waals surface area (Å²) in [5.74, 6) is 0. The standard InChI is InChI=1S/C60H41NS2/c1-2-14-44-37-47(30-29-41(44)12-1)42-31-33-49(34-32-42)61(56-23-6-3-13-43(56)28-26-40-27-35-54-52-19-4-7-24-57(52)62-59(54)36-40)50-18-10-16-46(39-50)45-15-9-17-48(38-45)51-21-11-22-55-53-20-5-8-25-58(53)63-60(51)55/h1-25,27,29-39H,26,28H2. The highest BCUT2D eigenvalue weighted by molar-refractivity contribution is 7.26. The van der Waals surface area contributed by atoms with Crippen molar-refractivity contribution >= 4 is 90.9 Å². The van der Waals surface area contributed by atoms with Crippen molar-refractivity contribution in [2.75, 3.05) is 4.90 Å². The highest BCUT2D eigenvalue weighted by Crippen LogP contribution is 2.43.